The van der Waals surface area contributed by atoms with E-state index in [2.05, 4.69) is 15.9 Å². The van der Waals surface area contributed by atoms with Crippen LogP contribution in [0, 0.1) is 0 Å². The Balaban J connectivity index is 1.99. The van der Waals surface area contributed by atoms with Crippen molar-refractivity contribution < 1.29 is 5.11 Å². The lowest BCUT2D eigenvalue weighted by Gasteiger charge is -2.11. The average Bonchev–Trinajstić information content (AvgIpc) is 2.46. The Labute approximate surface area is 126 Å². The van der Waals surface area contributed by atoms with Gasteiger partial charge in [-0.15, -0.1) is 11.8 Å². The van der Waals surface area contributed by atoms with Gasteiger partial charge in [-0.05, 0) is 39.2 Å². The van der Waals surface area contributed by atoms with Gasteiger partial charge < -0.3 is 10.8 Å². The summed E-state index contributed by atoms with van der Waals surface area (Å²) in [6.45, 7) is 0.538. The van der Waals surface area contributed by atoms with Gasteiger partial charge in [-0.25, -0.2) is 0 Å². The van der Waals surface area contributed by atoms with Gasteiger partial charge in [0.25, 0.3) is 0 Å². The first kappa shape index (κ1) is 14.6. The normalized spacial score (nSPS) is 12.4. The molecule has 1 unspecified atom stereocenters. The molecule has 0 aliphatic carbocycles. The van der Waals surface area contributed by atoms with E-state index in [1.807, 2.05) is 48.5 Å². The van der Waals surface area contributed by atoms with Gasteiger partial charge in [-0.3, -0.25) is 0 Å². The van der Waals surface area contributed by atoms with Gasteiger partial charge in [0, 0.05) is 21.7 Å². The molecule has 0 aromatic heterocycles. The highest BCUT2D eigenvalue weighted by molar-refractivity contribution is 9.10. The Bertz CT molecular complexity index is 533. The first-order valence-electron chi connectivity index (χ1n) is 6.05. The summed E-state index contributed by atoms with van der Waals surface area (Å²) < 4.78 is 1.03. The van der Waals surface area contributed by atoms with Crippen LogP contribution in [0.4, 0.5) is 0 Å². The lowest BCUT2D eigenvalue weighted by atomic mass is 10.1. The molecule has 2 nitrogen and oxygen atoms in total. The monoisotopic (exact) mass is 337 g/mol. The van der Waals surface area contributed by atoms with Gasteiger partial charge in [0.1, 0.15) is 0 Å². The molecule has 0 aliphatic heterocycles. The molecule has 0 aliphatic rings. The van der Waals surface area contributed by atoms with Crippen LogP contribution in [0.3, 0.4) is 0 Å². The predicted molar refractivity (Wildman–Crippen MR) is 84.2 cm³/mol. The van der Waals surface area contributed by atoms with Gasteiger partial charge in [-0.2, -0.15) is 0 Å². The Morgan fingerprint density at radius 3 is 2.53 bits per heavy atom. The molecule has 100 valence electrons. The maximum absolute atomic E-state index is 10.1. The third-order valence-electron chi connectivity index (χ3n) is 2.81. The van der Waals surface area contributed by atoms with Crippen molar-refractivity contribution >= 4 is 27.7 Å². The number of rotatable bonds is 5. The minimum atomic E-state index is -0.452. The zero-order valence-electron chi connectivity index (χ0n) is 10.4. The van der Waals surface area contributed by atoms with Crippen LogP contribution < -0.4 is 5.73 Å². The van der Waals surface area contributed by atoms with Crippen molar-refractivity contribution in [2.45, 2.75) is 17.5 Å². The quantitative estimate of drug-likeness (QED) is 0.817. The van der Waals surface area contributed by atoms with E-state index in [4.69, 9.17) is 5.73 Å². The molecular formula is C15H16BrNOS. The first-order chi connectivity index (χ1) is 9.20. The van der Waals surface area contributed by atoms with E-state index in [1.54, 1.807) is 11.8 Å². The molecule has 2 aromatic carbocycles. The van der Waals surface area contributed by atoms with E-state index in [0.29, 0.717) is 12.3 Å². The molecule has 2 rings (SSSR count). The van der Waals surface area contributed by atoms with E-state index in [1.165, 1.54) is 0 Å². The Morgan fingerprint density at radius 2 is 1.89 bits per heavy atom. The molecule has 19 heavy (non-hydrogen) atoms. The lowest BCUT2D eigenvalue weighted by Crippen LogP contribution is -2.00. The third kappa shape index (κ3) is 4.08. The second-order valence-electron chi connectivity index (χ2n) is 4.21. The van der Waals surface area contributed by atoms with Crippen LogP contribution in [0.25, 0.3) is 0 Å². The SMILES string of the molecule is NCc1ccc(SCC(O)c2ccccc2)c(Br)c1. The summed E-state index contributed by atoms with van der Waals surface area (Å²) in [5.74, 6) is 0.630. The molecule has 0 amide bonds. The molecule has 0 saturated carbocycles. The van der Waals surface area contributed by atoms with E-state index >= 15 is 0 Å². The molecule has 0 spiro atoms. The summed E-state index contributed by atoms with van der Waals surface area (Å²) in [5, 5.41) is 10.1. The number of thioether (sulfide) groups is 1. The van der Waals surface area contributed by atoms with Crippen molar-refractivity contribution in [2.24, 2.45) is 5.73 Å². The second-order valence-corrected chi connectivity index (χ2v) is 6.12. The summed E-state index contributed by atoms with van der Waals surface area (Å²) in [7, 11) is 0. The molecule has 0 heterocycles. The Kier molecular flexibility index (Phi) is 5.45. The fraction of sp³-hybridized carbons (Fsp3) is 0.200. The van der Waals surface area contributed by atoms with Crippen molar-refractivity contribution in [1.82, 2.24) is 0 Å². The third-order valence-corrected chi connectivity index (χ3v) is 4.88. The first-order valence-corrected chi connectivity index (χ1v) is 7.83. The number of benzene rings is 2. The van der Waals surface area contributed by atoms with Crippen LogP contribution in [-0.4, -0.2) is 10.9 Å². The van der Waals surface area contributed by atoms with Gasteiger partial charge in [0.05, 0.1) is 6.10 Å². The molecule has 1 atom stereocenters. The van der Waals surface area contributed by atoms with Crippen LogP contribution in [0.1, 0.15) is 17.2 Å². The Morgan fingerprint density at radius 1 is 1.16 bits per heavy atom. The number of hydrogen-bond acceptors (Lipinski definition) is 3. The van der Waals surface area contributed by atoms with Gasteiger partial charge in [0.2, 0.25) is 0 Å². The van der Waals surface area contributed by atoms with Crippen molar-refractivity contribution in [3.8, 4) is 0 Å². The van der Waals surface area contributed by atoms with E-state index in [0.717, 1.165) is 20.5 Å². The topological polar surface area (TPSA) is 46.2 Å². The fourth-order valence-electron chi connectivity index (χ4n) is 1.73. The van der Waals surface area contributed by atoms with Crippen LogP contribution in [0.2, 0.25) is 0 Å². The number of nitrogens with two attached hydrogens (primary N) is 1. The highest BCUT2D eigenvalue weighted by Crippen LogP contribution is 2.31. The summed E-state index contributed by atoms with van der Waals surface area (Å²) in [4.78, 5) is 1.12. The molecule has 2 aromatic rings. The maximum Gasteiger partial charge on any atom is 0.0883 e. The van der Waals surface area contributed by atoms with Crippen molar-refractivity contribution in [3.63, 3.8) is 0 Å². The molecule has 0 radical (unpaired) electrons. The van der Waals surface area contributed by atoms with Gasteiger partial charge in [0.15, 0.2) is 0 Å². The Hall–Kier alpha value is -0.810. The lowest BCUT2D eigenvalue weighted by molar-refractivity contribution is 0.204. The summed E-state index contributed by atoms with van der Waals surface area (Å²) in [6, 6.07) is 15.8. The van der Waals surface area contributed by atoms with Crippen molar-refractivity contribution in [1.29, 1.82) is 0 Å². The largest absolute Gasteiger partial charge is 0.388 e. The highest BCUT2D eigenvalue weighted by atomic mass is 79.9. The highest BCUT2D eigenvalue weighted by Gasteiger charge is 2.09. The summed E-state index contributed by atoms with van der Waals surface area (Å²) >= 11 is 5.17. The summed E-state index contributed by atoms with van der Waals surface area (Å²) in [5.41, 5.74) is 7.65. The fourth-order valence-corrected chi connectivity index (χ4v) is 3.39. The minimum absolute atomic E-state index is 0.452. The van der Waals surface area contributed by atoms with Crippen LogP contribution in [0.15, 0.2) is 57.9 Å². The number of hydrogen-bond donors (Lipinski definition) is 2. The number of aliphatic hydroxyl groups excluding tert-OH is 1. The van der Waals surface area contributed by atoms with Crippen LogP contribution in [0.5, 0.6) is 0 Å². The maximum atomic E-state index is 10.1. The smallest absolute Gasteiger partial charge is 0.0883 e. The van der Waals surface area contributed by atoms with Crippen molar-refractivity contribution in [3.05, 3.63) is 64.1 Å². The van der Waals surface area contributed by atoms with Crippen LogP contribution >= 0.6 is 27.7 Å². The second kappa shape index (κ2) is 7.10. The minimum Gasteiger partial charge on any atom is -0.388 e. The van der Waals surface area contributed by atoms with Crippen LogP contribution in [-0.2, 0) is 6.54 Å². The molecular weight excluding hydrogens is 322 g/mol. The molecule has 0 fully saturated rings. The van der Waals surface area contributed by atoms with Gasteiger partial charge >= 0.3 is 0 Å². The van der Waals surface area contributed by atoms with E-state index in [-0.39, 0.29) is 0 Å². The van der Waals surface area contributed by atoms with Crippen molar-refractivity contribution in [2.75, 3.05) is 5.75 Å². The standard InChI is InChI=1S/C15H16BrNOS/c16-13-8-11(9-17)6-7-15(13)19-10-14(18)12-4-2-1-3-5-12/h1-8,14,18H,9-10,17H2. The van der Waals surface area contributed by atoms with Gasteiger partial charge in [-0.1, -0.05) is 36.4 Å². The molecule has 0 bridgehead atoms. The average molecular weight is 338 g/mol. The molecule has 4 heteroatoms. The number of halogens is 1. The molecule has 3 N–H and O–H groups in total. The number of aliphatic hydroxyl groups is 1. The predicted octanol–water partition coefficient (Wildman–Crippen LogP) is 3.73. The van der Waals surface area contributed by atoms with E-state index in [9.17, 15) is 5.11 Å². The van der Waals surface area contributed by atoms with E-state index < -0.39 is 6.10 Å². The summed E-state index contributed by atoms with van der Waals surface area (Å²) in [6.07, 6.45) is -0.452. The zero-order chi connectivity index (χ0) is 13.7. The molecule has 0 saturated heterocycles. The zero-order valence-corrected chi connectivity index (χ0v) is 12.8.